The first kappa shape index (κ1) is 9.74. The Labute approximate surface area is 77.0 Å². The summed E-state index contributed by atoms with van der Waals surface area (Å²) in [5.41, 5.74) is 1.03. The average Bonchev–Trinajstić information content (AvgIpc) is 2.08. The number of ether oxygens (including phenoxy) is 1. The van der Waals surface area contributed by atoms with Crippen LogP contribution in [0.4, 0.5) is 0 Å². The summed E-state index contributed by atoms with van der Waals surface area (Å²) < 4.78 is 4.85. The number of carbonyl (C=O) groups excluding carboxylic acids is 1. The van der Waals surface area contributed by atoms with E-state index in [9.17, 15) is 4.79 Å². The third-order valence-corrected chi connectivity index (χ3v) is 1.59. The Bertz CT molecular complexity index is 277. The molecule has 0 radical (unpaired) electrons. The van der Waals surface area contributed by atoms with Gasteiger partial charge < -0.3 is 9.84 Å². The largest absolute Gasteiger partial charge is 0.427 e. The highest BCUT2D eigenvalue weighted by atomic mass is 16.5. The highest BCUT2D eigenvalue weighted by molar-refractivity contribution is 5.69. The minimum Gasteiger partial charge on any atom is -0.427 e. The van der Waals surface area contributed by atoms with Crippen molar-refractivity contribution in [3.8, 4) is 5.75 Å². The average molecular weight is 181 g/mol. The van der Waals surface area contributed by atoms with E-state index in [0.29, 0.717) is 12.2 Å². The summed E-state index contributed by atoms with van der Waals surface area (Å²) in [4.78, 5) is 10.6. The molecule has 0 aliphatic carbocycles. The fourth-order valence-electron chi connectivity index (χ4n) is 1.02. The van der Waals surface area contributed by atoms with E-state index in [1.165, 1.54) is 6.92 Å². The van der Waals surface area contributed by atoms with Gasteiger partial charge in [-0.2, -0.15) is 0 Å². The molecule has 13 heavy (non-hydrogen) atoms. The second-order valence-electron chi connectivity index (χ2n) is 2.71. The maximum Gasteiger partial charge on any atom is 0.308 e. The van der Waals surface area contributed by atoms with Gasteiger partial charge in [0.05, 0.1) is 0 Å². The van der Waals surface area contributed by atoms with E-state index >= 15 is 0 Å². The van der Waals surface area contributed by atoms with Crippen molar-refractivity contribution in [1.29, 1.82) is 0 Å². The molecule has 0 aromatic heterocycles. The molecule has 0 fully saturated rings. The van der Waals surface area contributed by atoms with E-state index in [1.807, 2.05) is 12.1 Å². The molecule has 0 aliphatic heterocycles. The monoisotopic (exact) mass is 181 g/mol. The van der Waals surface area contributed by atoms with Gasteiger partial charge in [0, 0.05) is 13.5 Å². The molecule has 0 amide bonds. The molecular weight excluding hydrogens is 169 g/mol. The highest BCUT2D eigenvalue weighted by Crippen LogP contribution is 2.12. The van der Waals surface area contributed by atoms with Crippen LogP contribution >= 0.6 is 0 Å². The van der Waals surface area contributed by atoms with Crippen molar-refractivity contribution < 1.29 is 14.6 Å². The molecule has 0 unspecified atom stereocenters. The van der Waals surface area contributed by atoms with Gasteiger partial charge in [-0.15, -0.1) is 0 Å². The number of hydrogen-bond donors (Lipinski definition) is 1. The van der Waals surface area contributed by atoms with E-state index in [0.717, 1.165) is 5.56 Å². The molecule has 1 rings (SSSR count). The molecule has 0 bridgehead atoms. The van der Waals surface area contributed by atoms with Gasteiger partial charge in [0.2, 0.25) is 0 Å². The standard InChI is InChI=1S/C10H12O3/c1-8(12)13-10-4-2-9(3-5-10)6-7-11/h2-5,11H,6-7H2,1H3/i7+1. The molecule has 0 heterocycles. The zero-order valence-corrected chi connectivity index (χ0v) is 7.49. The number of aliphatic hydroxyl groups is 1. The van der Waals surface area contributed by atoms with Gasteiger partial charge in [-0.25, -0.2) is 0 Å². The van der Waals surface area contributed by atoms with E-state index in [4.69, 9.17) is 9.84 Å². The van der Waals surface area contributed by atoms with Crippen LogP contribution < -0.4 is 4.74 Å². The third kappa shape index (κ3) is 3.25. The first-order valence-electron chi connectivity index (χ1n) is 4.10. The smallest absolute Gasteiger partial charge is 0.308 e. The summed E-state index contributed by atoms with van der Waals surface area (Å²) in [5, 5.41) is 8.65. The van der Waals surface area contributed by atoms with Crippen molar-refractivity contribution in [3.63, 3.8) is 0 Å². The zero-order valence-electron chi connectivity index (χ0n) is 7.49. The minimum atomic E-state index is -0.324. The summed E-state index contributed by atoms with van der Waals surface area (Å²) in [7, 11) is 0. The Kier molecular flexibility index (Phi) is 3.46. The molecule has 0 saturated carbocycles. The summed E-state index contributed by atoms with van der Waals surface area (Å²) >= 11 is 0. The Morgan fingerprint density at radius 2 is 2.00 bits per heavy atom. The van der Waals surface area contributed by atoms with Gasteiger partial charge in [-0.05, 0) is 24.1 Å². The molecule has 0 spiro atoms. The van der Waals surface area contributed by atoms with Crippen LogP contribution in [0.3, 0.4) is 0 Å². The Hall–Kier alpha value is -1.35. The SMILES string of the molecule is CC(=O)Oc1ccc(C[13CH2]O)cc1. The molecule has 0 aliphatic rings. The zero-order chi connectivity index (χ0) is 9.68. The normalized spacial score (nSPS) is 9.69. The van der Waals surface area contributed by atoms with Crippen LogP contribution in [0.2, 0.25) is 0 Å². The van der Waals surface area contributed by atoms with E-state index < -0.39 is 0 Å². The van der Waals surface area contributed by atoms with Crippen LogP contribution in [-0.4, -0.2) is 17.7 Å². The second-order valence-corrected chi connectivity index (χ2v) is 2.71. The lowest BCUT2D eigenvalue weighted by atomic mass is 10.2. The molecule has 0 saturated heterocycles. The molecule has 70 valence electrons. The molecule has 3 heteroatoms. The summed E-state index contributed by atoms with van der Waals surface area (Å²) in [6.45, 7) is 1.49. The van der Waals surface area contributed by atoms with E-state index in [1.54, 1.807) is 12.1 Å². The molecule has 1 aromatic carbocycles. The van der Waals surface area contributed by atoms with Crippen molar-refractivity contribution in [2.75, 3.05) is 6.61 Å². The Balaban J connectivity index is 2.64. The quantitative estimate of drug-likeness (QED) is 0.432. The van der Waals surface area contributed by atoms with Gasteiger partial charge in [-0.1, -0.05) is 12.1 Å². The molecule has 1 aromatic rings. The van der Waals surface area contributed by atoms with Gasteiger partial charge in [0.1, 0.15) is 5.75 Å². The molecular formula is C10H12O3. The predicted molar refractivity (Wildman–Crippen MR) is 48.5 cm³/mol. The number of carbonyl (C=O) groups is 1. The summed E-state index contributed by atoms with van der Waals surface area (Å²) in [6, 6.07) is 7.09. The van der Waals surface area contributed by atoms with Gasteiger partial charge >= 0.3 is 5.97 Å². The first-order valence-corrected chi connectivity index (χ1v) is 4.10. The van der Waals surface area contributed by atoms with Crippen molar-refractivity contribution in [1.82, 2.24) is 0 Å². The van der Waals surface area contributed by atoms with Crippen LogP contribution in [0.5, 0.6) is 5.75 Å². The van der Waals surface area contributed by atoms with Crippen LogP contribution in [0.25, 0.3) is 0 Å². The van der Waals surface area contributed by atoms with Crippen molar-refractivity contribution >= 4 is 5.97 Å². The first-order chi connectivity index (χ1) is 6.22. The van der Waals surface area contributed by atoms with Gasteiger partial charge in [0.15, 0.2) is 0 Å². The third-order valence-electron chi connectivity index (χ3n) is 1.59. The van der Waals surface area contributed by atoms with Crippen LogP contribution in [0.15, 0.2) is 24.3 Å². The summed E-state index contributed by atoms with van der Waals surface area (Å²) in [6.07, 6.45) is 0.625. The van der Waals surface area contributed by atoms with Gasteiger partial charge in [0.25, 0.3) is 0 Å². The van der Waals surface area contributed by atoms with Gasteiger partial charge in [-0.3, -0.25) is 4.79 Å². The Morgan fingerprint density at radius 3 is 2.46 bits per heavy atom. The lowest BCUT2D eigenvalue weighted by molar-refractivity contribution is -0.131. The number of rotatable bonds is 3. The molecule has 1 N–H and O–H groups in total. The van der Waals surface area contributed by atoms with Crippen LogP contribution in [-0.2, 0) is 11.2 Å². The lowest BCUT2D eigenvalue weighted by Gasteiger charge is -2.02. The van der Waals surface area contributed by atoms with E-state index in [-0.39, 0.29) is 12.6 Å². The summed E-state index contributed by atoms with van der Waals surface area (Å²) in [5.74, 6) is 0.212. The number of aliphatic hydroxyl groups excluding tert-OH is 1. The number of esters is 1. The molecule has 3 nitrogen and oxygen atoms in total. The minimum absolute atomic E-state index is 0.132. The predicted octanol–water partition coefficient (Wildman–Crippen LogP) is 1.15. The second kappa shape index (κ2) is 4.62. The molecule has 0 atom stereocenters. The maximum atomic E-state index is 10.6. The van der Waals surface area contributed by atoms with E-state index in [2.05, 4.69) is 0 Å². The fourth-order valence-corrected chi connectivity index (χ4v) is 1.02. The Morgan fingerprint density at radius 1 is 1.38 bits per heavy atom. The van der Waals surface area contributed by atoms with Crippen LogP contribution in [0, 0.1) is 0 Å². The lowest BCUT2D eigenvalue weighted by Crippen LogP contribution is -2.01. The maximum absolute atomic E-state index is 10.6. The van der Waals surface area contributed by atoms with Crippen molar-refractivity contribution in [2.24, 2.45) is 0 Å². The van der Waals surface area contributed by atoms with Crippen molar-refractivity contribution in [3.05, 3.63) is 29.8 Å². The van der Waals surface area contributed by atoms with Crippen molar-refractivity contribution in [2.45, 2.75) is 13.3 Å². The van der Waals surface area contributed by atoms with Crippen LogP contribution in [0.1, 0.15) is 12.5 Å². The topological polar surface area (TPSA) is 46.5 Å². The number of hydrogen-bond acceptors (Lipinski definition) is 3. The number of benzene rings is 1. The fraction of sp³-hybridized carbons (Fsp3) is 0.300. The highest BCUT2D eigenvalue weighted by Gasteiger charge is 1.97.